The van der Waals surface area contributed by atoms with Gasteiger partial charge in [0, 0.05) is 50.0 Å². The predicted octanol–water partition coefficient (Wildman–Crippen LogP) is 14.2. The molecule has 2 heterocycles. The van der Waals surface area contributed by atoms with Gasteiger partial charge in [-0.1, -0.05) is 121 Å². The molecule has 55 heavy (non-hydrogen) atoms. The summed E-state index contributed by atoms with van der Waals surface area (Å²) in [5.74, 6) is 0. The van der Waals surface area contributed by atoms with E-state index < -0.39 is 0 Å². The average Bonchev–Trinajstić information content (AvgIpc) is 3.78. The average molecular weight is 702 g/mol. The molecule has 0 bridgehead atoms. The summed E-state index contributed by atoms with van der Waals surface area (Å²) in [6, 6.07) is 76.9. The van der Waals surface area contributed by atoms with Crippen molar-refractivity contribution < 1.29 is 0 Å². The van der Waals surface area contributed by atoms with Gasteiger partial charge in [0.1, 0.15) is 0 Å². The van der Waals surface area contributed by atoms with Crippen LogP contribution in [0.3, 0.4) is 0 Å². The highest BCUT2D eigenvalue weighted by molar-refractivity contribution is 6.10. The van der Waals surface area contributed by atoms with Crippen molar-refractivity contribution in [2.45, 2.75) is 0 Å². The number of benzene rings is 9. The SMILES string of the molecule is c1ccc2cc(-c3ccc(N(c4ccc(-n5c6ccccc6c6ccccc65)cc4)c4ccc(-n5c6ccccc6c6ccccc65)cc4)cc3)ccc2c1. The minimum absolute atomic E-state index is 1.09. The molecule has 0 N–H and O–H groups in total. The number of para-hydroxylation sites is 4. The standard InChI is InChI=1S/C52H35N3/c1-2-12-38-35-39(22-21-36(38)11-1)37-23-25-40(26-24-37)53(41-27-31-43(32-28-41)54-49-17-7-3-13-45(49)46-14-4-8-18-50(46)54)42-29-33-44(34-30-42)55-51-19-9-5-15-47(51)48-16-6-10-20-52(48)55/h1-35H. The topological polar surface area (TPSA) is 13.1 Å². The maximum atomic E-state index is 2.37. The quantitative estimate of drug-likeness (QED) is 0.168. The Morgan fingerprint density at radius 3 is 1.05 bits per heavy atom. The van der Waals surface area contributed by atoms with Crippen molar-refractivity contribution >= 4 is 71.4 Å². The lowest BCUT2D eigenvalue weighted by Crippen LogP contribution is -2.10. The highest BCUT2D eigenvalue weighted by Gasteiger charge is 2.17. The summed E-state index contributed by atoms with van der Waals surface area (Å²) in [5.41, 5.74) is 12.8. The van der Waals surface area contributed by atoms with Gasteiger partial charge in [-0.25, -0.2) is 0 Å². The van der Waals surface area contributed by atoms with Crippen LogP contribution in [-0.2, 0) is 0 Å². The lowest BCUT2D eigenvalue weighted by molar-refractivity contribution is 1.17. The molecular formula is C52H35N3. The van der Waals surface area contributed by atoms with Gasteiger partial charge in [0.2, 0.25) is 0 Å². The minimum atomic E-state index is 1.09. The molecule has 3 heteroatoms. The Hall–Kier alpha value is -7.36. The lowest BCUT2D eigenvalue weighted by Gasteiger charge is -2.26. The predicted molar refractivity (Wildman–Crippen MR) is 233 cm³/mol. The zero-order chi connectivity index (χ0) is 36.3. The van der Waals surface area contributed by atoms with Crippen molar-refractivity contribution in [2.24, 2.45) is 0 Å². The van der Waals surface area contributed by atoms with Crippen LogP contribution in [0.15, 0.2) is 212 Å². The van der Waals surface area contributed by atoms with E-state index in [1.165, 1.54) is 65.5 Å². The summed E-state index contributed by atoms with van der Waals surface area (Å²) in [6.07, 6.45) is 0. The number of fused-ring (bicyclic) bond motifs is 7. The molecule has 0 radical (unpaired) electrons. The Labute approximate surface area is 319 Å². The largest absolute Gasteiger partial charge is 0.311 e. The molecule has 0 aliphatic rings. The first-order valence-corrected chi connectivity index (χ1v) is 18.9. The second-order valence-electron chi connectivity index (χ2n) is 14.2. The molecule has 3 nitrogen and oxygen atoms in total. The Balaban J connectivity index is 1.02. The van der Waals surface area contributed by atoms with Crippen LogP contribution in [0.5, 0.6) is 0 Å². The van der Waals surface area contributed by atoms with Gasteiger partial charge in [0.05, 0.1) is 22.1 Å². The maximum absolute atomic E-state index is 2.37. The number of hydrogen-bond acceptors (Lipinski definition) is 1. The maximum Gasteiger partial charge on any atom is 0.0541 e. The van der Waals surface area contributed by atoms with Crippen LogP contribution >= 0.6 is 0 Å². The van der Waals surface area contributed by atoms with Gasteiger partial charge in [-0.15, -0.1) is 0 Å². The first kappa shape index (κ1) is 31.2. The van der Waals surface area contributed by atoms with Crippen LogP contribution in [-0.4, -0.2) is 9.13 Å². The third-order valence-corrected chi connectivity index (χ3v) is 11.1. The number of nitrogens with zero attached hydrogens (tertiary/aromatic N) is 3. The smallest absolute Gasteiger partial charge is 0.0541 e. The molecule has 0 saturated carbocycles. The third kappa shape index (κ3) is 5.13. The summed E-state index contributed by atoms with van der Waals surface area (Å²) < 4.78 is 4.75. The number of hydrogen-bond donors (Lipinski definition) is 0. The number of rotatable bonds is 6. The van der Waals surface area contributed by atoms with Gasteiger partial charge >= 0.3 is 0 Å². The molecule has 0 aliphatic carbocycles. The van der Waals surface area contributed by atoms with Crippen molar-refractivity contribution in [3.63, 3.8) is 0 Å². The van der Waals surface area contributed by atoms with Crippen molar-refractivity contribution in [3.8, 4) is 22.5 Å². The van der Waals surface area contributed by atoms with Crippen LogP contribution in [0, 0.1) is 0 Å². The van der Waals surface area contributed by atoms with Gasteiger partial charge in [-0.05, 0) is 113 Å². The Morgan fingerprint density at radius 1 is 0.273 bits per heavy atom. The Bertz CT molecular complexity index is 2920. The zero-order valence-electron chi connectivity index (χ0n) is 30.0. The summed E-state index contributed by atoms with van der Waals surface area (Å²) in [6.45, 7) is 0. The number of aromatic nitrogens is 2. The molecule has 0 amide bonds. The Morgan fingerprint density at radius 2 is 0.618 bits per heavy atom. The van der Waals surface area contributed by atoms with E-state index in [4.69, 9.17) is 0 Å². The third-order valence-electron chi connectivity index (χ3n) is 11.1. The summed E-state index contributed by atoms with van der Waals surface area (Å²) in [4.78, 5) is 2.36. The van der Waals surface area contributed by atoms with Gasteiger partial charge < -0.3 is 14.0 Å². The molecule has 0 saturated heterocycles. The van der Waals surface area contributed by atoms with Gasteiger partial charge in [-0.2, -0.15) is 0 Å². The minimum Gasteiger partial charge on any atom is -0.311 e. The van der Waals surface area contributed by atoms with E-state index in [-0.39, 0.29) is 0 Å². The summed E-state index contributed by atoms with van der Waals surface area (Å²) >= 11 is 0. The van der Waals surface area contributed by atoms with E-state index in [0.29, 0.717) is 0 Å². The zero-order valence-corrected chi connectivity index (χ0v) is 30.0. The number of anilines is 3. The second-order valence-corrected chi connectivity index (χ2v) is 14.2. The first-order valence-electron chi connectivity index (χ1n) is 18.9. The molecule has 2 aromatic heterocycles. The Kier molecular flexibility index (Phi) is 7.17. The van der Waals surface area contributed by atoms with Crippen LogP contribution in [0.2, 0.25) is 0 Å². The van der Waals surface area contributed by atoms with Crippen LogP contribution < -0.4 is 4.90 Å². The molecule has 0 spiro atoms. The van der Waals surface area contributed by atoms with Crippen molar-refractivity contribution in [3.05, 3.63) is 212 Å². The second kappa shape index (κ2) is 12.6. The molecule has 11 aromatic rings. The lowest BCUT2D eigenvalue weighted by atomic mass is 10.0. The molecule has 0 aliphatic heterocycles. The van der Waals surface area contributed by atoms with E-state index in [1.807, 2.05) is 0 Å². The van der Waals surface area contributed by atoms with Gasteiger partial charge in [-0.3, -0.25) is 0 Å². The molecule has 0 fully saturated rings. The van der Waals surface area contributed by atoms with E-state index in [9.17, 15) is 0 Å². The van der Waals surface area contributed by atoms with Crippen LogP contribution in [0.25, 0.3) is 76.9 Å². The highest BCUT2D eigenvalue weighted by Crippen LogP contribution is 2.39. The van der Waals surface area contributed by atoms with Crippen molar-refractivity contribution in [2.75, 3.05) is 4.90 Å². The van der Waals surface area contributed by atoms with Crippen LogP contribution in [0.1, 0.15) is 0 Å². The van der Waals surface area contributed by atoms with E-state index in [0.717, 1.165) is 28.4 Å². The first-order chi connectivity index (χ1) is 27.3. The van der Waals surface area contributed by atoms with Crippen LogP contribution in [0.4, 0.5) is 17.1 Å². The van der Waals surface area contributed by atoms with Crippen molar-refractivity contribution in [1.82, 2.24) is 9.13 Å². The van der Waals surface area contributed by atoms with E-state index in [2.05, 4.69) is 226 Å². The fourth-order valence-electron chi connectivity index (χ4n) is 8.52. The van der Waals surface area contributed by atoms with E-state index >= 15 is 0 Å². The fourth-order valence-corrected chi connectivity index (χ4v) is 8.52. The normalized spacial score (nSPS) is 11.6. The highest BCUT2D eigenvalue weighted by atomic mass is 15.1. The molecule has 0 atom stereocenters. The van der Waals surface area contributed by atoms with Gasteiger partial charge in [0.25, 0.3) is 0 Å². The van der Waals surface area contributed by atoms with Gasteiger partial charge in [0.15, 0.2) is 0 Å². The molecule has 11 rings (SSSR count). The summed E-state index contributed by atoms with van der Waals surface area (Å²) in [7, 11) is 0. The molecular weight excluding hydrogens is 667 g/mol. The molecule has 0 unspecified atom stereocenters. The molecule has 9 aromatic carbocycles. The fraction of sp³-hybridized carbons (Fsp3) is 0. The monoisotopic (exact) mass is 701 g/mol. The van der Waals surface area contributed by atoms with E-state index in [1.54, 1.807) is 0 Å². The van der Waals surface area contributed by atoms with Crippen molar-refractivity contribution in [1.29, 1.82) is 0 Å². The summed E-state index contributed by atoms with van der Waals surface area (Å²) in [5, 5.41) is 7.55. The molecule has 258 valence electrons.